The van der Waals surface area contributed by atoms with Gasteiger partial charge in [0.2, 0.25) is 17.4 Å². The zero-order valence-corrected chi connectivity index (χ0v) is 16.3. The molecule has 29 heavy (non-hydrogen) atoms. The molecule has 0 aromatic carbocycles. The molecular weight excluding hydrogens is 376 g/mol. The molecule has 0 spiro atoms. The molecule has 10 nitrogen and oxygen atoms in total. The smallest absolute Gasteiger partial charge is 0.277 e. The van der Waals surface area contributed by atoms with E-state index in [1.54, 1.807) is 13.1 Å². The Labute approximate surface area is 166 Å². The van der Waals surface area contributed by atoms with Crippen LogP contribution in [0.4, 0.5) is 0 Å². The average molecular weight is 398 g/mol. The zero-order valence-electron chi connectivity index (χ0n) is 16.3. The summed E-state index contributed by atoms with van der Waals surface area (Å²) in [6.45, 7) is 4.06. The lowest BCUT2D eigenvalue weighted by Gasteiger charge is -2.22. The predicted octanol–water partition coefficient (Wildman–Crippen LogP) is 1.06. The number of hydrogen-bond acceptors (Lipinski definition) is 7. The number of carbonyl (C=O) groups is 2. The Balaban J connectivity index is 1.77. The van der Waals surface area contributed by atoms with Crippen LogP contribution < -0.4 is 16.2 Å². The number of H-pyrrole nitrogens is 1. The predicted molar refractivity (Wildman–Crippen MR) is 105 cm³/mol. The Morgan fingerprint density at radius 1 is 1.41 bits per heavy atom. The van der Waals surface area contributed by atoms with Crippen LogP contribution in [-0.4, -0.2) is 46.1 Å². The number of amidine groups is 1. The van der Waals surface area contributed by atoms with E-state index in [0.717, 1.165) is 6.26 Å². The van der Waals surface area contributed by atoms with Gasteiger partial charge in [-0.3, -0.25) is 24.7 Å². The third-order valence-corrected chi connectivity index (χ3v) is 4.61. The van der Waals surface area contributed by atoms with Crippen molar-refractivity contribution in [2.24, 2.45) is 5.41 Å². The van der Waals surface area contributed by atoms with E-state index in [4.69, 9.17) is 9.83 Å². The number of nitrogens with zero attached hydrogens (tertiary/aromatic N) is 2. The molecule has 152 valence electrons. The van der Waals surface area contributed by atoms with E-state index >= 15 is 0 Å². The summed E-state index contributed by atoms with van der Waals surface area (Å²) in [6.07, 6.45) is 4.66. The topological polar surface area (TPSA) is 144 Å². The van der Waals surface area contributed by atoms with Crippen LogP contribution in [0.15, 0.2) is 45.7 Å². The minimum absolute atomic E-state index is 0.0248. The van der Waals surface area contributed by atoms with E-state index in [-0.39, 0.29) is 34.6 Å². The summed E-state index contributed by atoms with van der Waals surface area (Å²) in [5.74, 6) is -0.771. The molecule has 0 saturated carbocycles. The molecule has 1 aliphatic rings. The number of pyridine rings is 1. The molecule has 3 heterocycles. The van der Waals surface area contributed by atoms with Gasteiger partial charge >= 0.3 is 0 Å². The van der Waals surface area contributed by atoms with Crippen molar-refractivity contribution in [3.05, 3.63) is 52.5 Å². The standard InChI is InChI=1S/C19H22N6O4/c1-19(2)5-7-25(18(19)28)15(20)12(9-21-3)23-16(27)13-10-29-17(24-13)11-4-6-22-14(26)8-11/h4,6,8-10,20-21H,5,7H2,1-3H3,(H,22,26)(H,23,27)/b12-9+,20-15?. The van der Waals surface area contributed by atoms with Crippen LogP contribution in [0.1, 0.15) is 30.8 Å². The maximum absolute atomic E-state index is 12.6. The monoisotopic (exact) mass is 398 g/mol. The van der Waals surface area contributed by atoms with Crippen molar-refractivity contribution in [1.82, 2.24) is 25.5 Å². The van der Waals surface area contributed by atoms with E-state index in [0.29, 0.717) is 18.5 Å². The molecule has 10 heteroatoms. The summed E-state index contributed by atoms with van der Waals surface area (Å²) in [5.41, 5.74) is -0.336. The van der Waals surface area contributed by atoms with Crippen molar-refractivity contribution in [2.75, 3.05) is 13.6 Å². The van der Waals surface area contributed by atoms with E-state index in [1.165, 1.54) is 23.4 Å². The Kier molecular flexibility index (Phi) is 5.35. The van der Waals surface area contributed by atoms with Crippen LogP contribution in [0.5, 0.6) is 0 Å². The van der Waals surface area contributed by atoms with Crippen LogP contribution in [0.2, 0.25) is 0 Å². The first kappa shape index (κ1) is 20.1. The molecule has 3 rings (SSSR count). The maximum Gasteiger partial charge on any atom is 0.277 e. The fourth-order valence-corrected chi connectivity index (χ4v) is 2.91. The van der Waals surface area contributed by atoms with Gasteiger partial charge in [0.25, 0.3) is 5.91 Å². The molecule has 0 radical (unpaired) electrons. The maximum atomic E-state index is 12.6. The van der Waals surface area contributed by atoms with Crippen molar-refractivity contribution in [3.63, 3.8) is 0 Å². The highest BCUT2D eigenvalue weighted by Crippen LogP contribution is 2.31. The lowest BCUT2D eigenvalue weighted by molar-refractivity contribution is -0.131. The Hall–Kier alpha value is -3.69. The first-order valence-corrected chi connectivity index (χ1v) is 8.97. The summed E-state index contributed by atoms with van der Waals surface area (Å²) in [6, 6.07) is 2.90. The van der Waals surface area contributed by atoms with Gasteiger partial charge in [-0.15, -0.1) is 0 Å². The number of rotatable bonds is 5. The fourth-order valence-electron chi connectivity index (χ4n) is 2.91. The van der Waals surface area contributed by atoms with Gasteiger partial charge in [0.15, 0.2) is 11.5 Å². The molecule has 2 aromatic rings. The molecule has 0 unspecified atom stereocenters. The molecule has 0 atom stereocenters. The summed E-state index contributed by atoms with van der Waals surface area (Å²) in [5, 5.41) is 13.7. The number of likely N-dealkylation sites (tertiary alicyclic amines) is 1. The second kappa shape index (κ2) is 7.74. The Morgan fingerprint density at radius 2 is 2.17 bits per heavy atom. The van der Waals surface area contributed by atoms with Crippen molar-refractivity contribution >= 4 is 17.6 Å². The number of oxazole rings is 1. The molecule has 2 aromatic heterocycles. The van der Waals surface area contributed by atoms with Crippen LogP contribution >= 0.6 is 0 Å². The van der Waals surface area contributed by atoms with Gasteiger partial charge in [-0.25, -0.2) is 4.98 Å². The van der Waals surface area contributed by atoms with Gasteiger partial charge in [-0.2, -0.15) is 0 Å². The van der Waals surface area contributed by atoms with Crippen molar-refractivity contribution in [1.29, 1.82) is 5.41 Å². The SMILES string of the molecule is CN/C=C(/NC(=O)c1coc(-c2cc[nH]c(=O)c2)n1)C(=N)N1CCC(C)(C)C1=O. The largest absolute Gasteiger partial charge is 0.444 e. The molecule has 0 bridgehead atoms. The van der Waals surface area contributed by atoms with Gasteiger partial charge in [0, 0.05) is 43.0 Å². The molecule has 1 aliphatic heterocycles. The second-order valence-corrected chi connectivity index (χ2v) is 7.22. The molecule has 0 aliphatic carbocycles. The third kappa shape index (κ3) is 4.10. The highest BCUT2D eigenvalue weighted by molar-refractivity contribution is 6.10. The van der Waals surface area contributed by atoms with Crippen molar-refractivity contribution in [2.45, 2.75) is 20.3 Å². The van der Waals surface area contributed by atoms with Gasteiger partial charge < -0.3 is 20.0 Å². The molecule has 1 saturated heterocycles. The van der Waals surface area contributed by atoms with Crippen LogP contribution in [0.25, 0.3) is 11.5 Å². The summed E-state index contributed by atoms with van der Waals surface area (Å²) in [4.78, 5) is 44.4. The number of nitrogens with one attached hydrogen (secondary N) is 4. The lowest BCUT2D eigenvalue weighted by Crippen LogP contribution is -2.41. The average Bonchev–Trinajstić information content (AvgIpc) is 3.27. The van der Waals surface area contributed by atoms with E-state index in [2.05, 4.69) is 20.6 Å². The Bertz CT molecular complexity index is 1050. The minimum Gasteiger partial charge on any atom is -0.444 e. The van der Waals surface area contributed by atoms with Gasteiger partial charge in [0.1, 0.15) is 6.26 Å². The first-order valence-electron chi connectivity index (χ1n) is 8.97. The number of amides is 2. The van der Waals surface area contributed by atoms with Crippen LogP contribution in [-0.2, 0) is 4.79 Å². The highest BCUT2D eigenvalue weighted by atomic mass is 16.3. The normalized spacial score (nSPS) is 16.0. The minimum atomic E-state index is -0.609. The lowest BCUT2D eigenvalue weighted by atomic mass is 9.92. The molecule has 2 amide bonds. The van der Waals surface area contributed by atoms with Crippen molar-refractivity contribution in [3.8, 4) is 11.5 Å². The van der Waals surface area contributed by atoms with Crippen LogP contribution in [0, 0.1) is 10.8 Å². The summed E-state index contributed by atoms with van der Waals surface area (Å²) >= 11 is 0. The number of carbonyl (C=O) groups excluding carboxylic acids is 2. The molecule has 4 N–H and O–H groups in total. The zero-order chi connectivity index (χ0) is 21.2. The van der Waals surface area contributed by atoms with Gasteiger partial charge in [-0.05, 0) is 12.5 Å². The van der Waals surface area contributed by atoms with Crippen LogP contribution in [0.3, 0.4) is 0 Å². The fraction of sp³-hybridized carbons (Fsp3) is 0.316. The van der Waals surface area contributed by atoms with Gasteiger partial charge in [0.05, 0.1) is 5.70 Å². The Morgan fingerprint density at radius 3 is 2.79 bits per heavy atom. The second-order valence-electron chi connectivity index (χ2n) is 7.22. The van der Waals surface area contributed by atoms with E-state index in [9.17, 15) is 14.4 Å². The first-order chi connectivity index (χ1) is 13.7. The summed E-state index contributed by atoms with van der Waals surface area (Å²) in [7, 11) is 1.62. The number of hydrogen-bond donors (Lipinski definition) is 4. The van der Waals surface area contributed by atoms with Gasteiger partial charge in [-0.1, -0.05) is 13.8 Å². The number of aromatic amines is 1. The quantitative estimate of drug-likeness (QED) is 0.438. The summed E-state index contributed by atoms with van der Waals surface area (Å²) < 4.78 is 5.29. The highest BCUT2D eigenvalue weighted by Gasteiger charge is 2.41. The number of aromatic nitrogens is 2. The van der Waals surface area contributed by atoms with Crippen molar-refractivity contribution < 1.29 is 14.0 Å². The van der Waals surface area contributed by atoms with E-state index < -0.39 is 11.3 Å². The molecular formula is C19H22N6O4. The molecule has 1 fully saturated rings. The van der Waals surface area contributed by atoms with E-state index in [1.807, 2.05) is 13.8 Å². The third-order valence-electron chi connectivity index (χ3n) is 4.61.